The first-order valence-corrected chi connectivity index (χ1v) is 17.8. The number of hydrogen-bond donors (Lipinski definition) is 1. The maximum atomic E-state index is 14.3. The zero-order valence-electron chi connectivity index (χ0n) is 30.3. The number of thiazole rings is 1. The number of methoxy groups -OCH3 is 1. The van der Waals surface area contributed by atoms with Crippen LogP contribution in [0.1, 0.15) is 71.9 Å². The van der Waals surface area contributed by atoms with Gasteiger partial charge in [-0.05, 0) is 108 Å². The van der Waals surface area contributed by atoms with Crippen LogP contribution in [0, 0.1) is 0 Å². The molecule has 5 aromatic rings. The lowest BCUT2D eigenvalue weighted by Gasteiger charge is -2.24. The number of amides is 2. The molecule has 2 atom stereocenters. The molecular weight excluding hydrogens is 685 g/mol. The van der Waals surface area contributed by atoms with Crippen LogP contribution in [0.4, 0.5) is 26.9 Å². The Balaban J connectivity index is 1.31. The van der Waals surface area contributed by atoms with Gasteiger partial charge in [-0.1, -0.05) is 6.07 Å². The van der Waals surface area contributed by atoms with Crippen molar-refractivity contribution in [1.29, 1.82) is 0 Å². The van der Waals surface area contributed by atoms with Crippen molar-refractivity contribution < 1.29 is 33.3 Å². The Morgan fingerprint density at radius 1 is 0.981 bits per heavy atom. The molecule has 1 spiro atoms. The number of nitrogens with one attached hydrogen (secondary N) is 1. The molecule has 14 heteroatoms. The summed E-state index contributed by atoms with van der Waals surface area (Å²) in [7, 11) is 1.56. The largest absolute Gasteiger partial charge is 0.497 e. The van der Waals surface area contributed by atoms with Crippen molar-refractivity contribution in [3.8, 4) is 22.2 Å². The number of nitrogens with zero attached hydrogens (tertiary/aromatic N) is 5. The maximum absolute atomic E-state index is 14.3. The predicted molar refractivity (Wildman–Crippen MR) is 197 cm³/mol. The van der Waals surface area contributed by atoms with Gasteiger partial charge in [0.05, 0.1) is 30.3 Å². The van der Waals surface area contributed by atoms with Gasteiger partial charge in [-0.15, -0.1) is 16.4 Å². The standard InChI is InChI=1S/C38H40N6O7S/c1-9-49-29-15-13-26(32-39-16-17-52-32)40-31(29)41-30-23-12-10-21(18-28(23)44(42-30)35(47)51-37(5,6)7)25-20-38(25)24-19-22(48-8)11-14-27(24)43(33(38)45)34(46)50-36(2,3)4/h10-19,25H,9,20H2,1-8H3,(H,40,41,42)/t25-,38-/m0/s1. The van der Waals surface area contributed by atoms with Gasteiger partial charge in [0.25, 0.3) is 0 Å². The molecule has 2 aliphatic rings. The molecule has 3 aromatic heterocycles. The molecule has 0 bridgehead atoms. The van der Waals surface area contributed by atoms with Crippen molar-refractivity contribution in [3.63, 3.8) is 0 Å². The van der Waals surface area contributed by atoms with Crippen LogP contribution in [-0.4, -0.2) is 62.8 Å². The lowest BCUT2D eigenvalue weighted by molar-refractivity contribution is -0.120. The summed E-state index contributed by atoms with van der Waals surface area (Å²) in [5.74, 6) is 1.14. The van der Waals surface area contributed by atoms with Crippen molar-refractivity contribution in [2.75, 3.05) is 23.9 Å². The van der Waals surface area contributed by atoms with E-state index in [9.17, 15) is 14.4 Å². The molecule has 1 saturated carbocycles. The minimum atomic E-state index is -1.03. The summed E-state index contributed by atoms with van der Waals surface area (Å²) in [6, 6.07) is 14.5. The number of fused-ring (bicyclic) bond motifs is 3. The van der Waals surface area contributed by atoms with Crippen molar-refractivity contribution in [2.24, 2.45) is 0 Å². The number of carbonyl (C=O) groups is 3. The minimum Gasteiger partial charge on any atom is -0.497 e. The van der Waals surface area contributed by atoms with Gasteiger partial charge in [-0.3, -0.25) is 4.79 Å². The highest BCUT2D eigenvalue weighted by atomic mass is 32.1. The fourth-order valence-electron chi connectivity index (χ4n) is 6.58. The second-order valence-electron chi connectivity index (χ2n) is 14.7. The lowest BCUT2D eigenvalue weighted by atomic mass is 9.91. The van der Waals surface area contributed by atoms with Gasteiger partial charge >= 0.3 is 12.2 Å². The molecule has 1 fully saturated rings. The van der Waals surface area contributed by atoms with E-state index in [2.05, 4.69) is 15.4 Å². The Morgan fingerprint density at radius 2 is 1.73 bits per heavy atom. The van der Waals surface area contributed by atoms with Crippen molar-refractivity contribution in [1.82, 2.24) is 19.7 Å². The van der Waals surface area contributed by atoms with Crippen LogP contribution in [0.2, 0.25) is 0 Å². The third-order valence-corrected chi connectivity index (χ3v) is 9.56. The van der Waals surface area contributed by atoms with E-state index in [0.29, 0.717) is 64.0 Å². The third-order valence-electron chi connectivity index (χ3n) is 8.77. The quantitative estimate of drug-likeness (QED) is 0.173. The Kier molecular flexibility index (Phi) is 8.48. The number of benzene rings is 2. The van der Waals surface area contributed by atoms with E-state index in [-0.39, 0.29) is 11.8 Å². The van der Waals surface area contributed by atoms with Gasteiger partial charge in [-0.2, -0.15) is 4.68 Å². The van der Waals surface area contributed by atoms with Crippen molar-refractivity contribution >= 4 is 57.7 Å². The Morgan fingerprint density at radius 3 is 2.40 bits per heavy atom. The van der Waals surface area contributed by atoms with E-state index in [1.165, 1.54) is 16.0 Å². The topological polar surface area (TPSA) is 147 Å². The summed E-state index contributed by atoms with van der Waals surface area (Å²) in [5, 5.41) is 11.2. The molecule has 13 nitrogen and oxygen atoms in total. The monoisotopic (exact) mass is 724 g/mol. The van der Waals surface area contributed by atoms with E-state index < -0.39 is 28.8 Å². The summed E-state index contributed by atoms with van der Waals surface area (Å²) in [6.45, 7) is 12.9. The molecule has 1 N–H and O–H groups in total. The first-order valence-electron chi connectivity index (χ1n) is 17.0. The molecule has 2 aromatic carbocycles. The molecule has 0 unspecified atom stereocenters. The first kappa shape index (κ1) is 34.9. The van der Waals surface area contributed by atoms with Crippen LogP contribution in [0.25, 0.3) is 21.6 Å². The van der Waals surface area contributed by atoms with Gasteiger partial charge in [0.2, 0.25) is 5.91 Å². The summed E-state index contributed by atoms with van der Waals surface area (Å²) < 4.78 is 24.0. The van der Waals surface area contributed by atoms with Crippen LogP contribution in [0.15, 0.2) is 60.1 Å². The molecular formula is C38H40N6O7S. The summed E-state index contributed by atoms with van der Waals surface area (Å²) >= 11 is 1.46. The fraction of sp³-hybridized carbons (Fsp3) is 0.368. The number of ether oxygens (including phenoxy) is 4. The number of imide groups is 1. The van der Waals surface area contributed by atoms with E-state index in [1.807, 2.05) is 48.7 Å². The van der Waals surface area contributed by atoms with Crippen molar-refractivity contribution in [3.05, 3.63) is 71.2 Å². The first-order chi connectivity index (χ1) is 24.6. The van der Waals surface area contributed by atoms with E-state index in [4.69, 9.17) is 23.9 Å². The SMILES string of the molecule is CCOc1ccc(-c2nccs2)nc1Nc1nn(C(=O)OC(C)(C)C)c2cc([C@@H]3C[C@@]34C(=O)N(C(=O)OC(C)(C)C)c3ccc(OC)cc34)ccc12. The Labute approximate surface area is 304 Å². The third kappa shape index (κ3) is 6.20. The van der Waals surface area contributed by atoms with Gasteiger partial charge in [0, 0.05) is 22.9 Å². The number of rotatable bonds is 7. The molecule has 4 heterocycles. The molecule has 0 radical (unpaired) electrons. The Hall–Kier alpha value is -5.50. The van der Waals surface area contributed by atoms with Gasteiger partial charge < -0.3 is 24.3 Å². The number of anilines is 3. The zero-order valence-corrected chi connectivity index (χ0v) is 31.1. The molecule has 1 aliphatic heterocycles. The van der Waals surface area contributed by atoms with Crippen LogP contribution in [0.5, 0.6) is 11.5 Å². The van der Waals surface area contributed by atoms with Crippen LogP contribution < -0.4 is 19.7 Å². The van der Waals surface area contributed by atoms with Crippen molar-refractivity contribution in [2.45, 2.75) is 77.4 Å². The average molecular weight is 725 g/mol. The van der Waals surface area contributed by atoms with Crippen LogP contribution >= 0.6 is 11.3 Å². The van der Waals surface area contributed by atoms with Gasteiger partial charge in [0.1, 0.15) is 27.7 Å². The molecule has 2 amide bonds. The maximum Gasteiger partial charge on any atom is 0.435 e. The molecule has 270 valence electrons. The normalized spacial score (nSPS) is 18.0. The Bertz CT molecular complexity index is 2220. The lowest BCUT2D eigenvalue weighted by Crippen LogP contribution is -2.41. The number of pyridine rings is 1. The fourth-order valence-corrected chi connectivity index (χ4v) is 7.19. The van der Waals surface area contributed by atoms with Gasteiger partial charge in [-0.25, -0.2) is 24.5 Å². The van der Waals surface area contributed by atoms with E-state index in [1.54, 1.807) is 67.0 Å². The molecule has 7 rings (SSSR count). The van der Waals surface area contributed by atoms with E-state index in [0.717, 1.165) is 15.5 Å². The smallest absolute Gasteiger partial charge is 0.435 e. The van der Waals surface area contributed by atoms with Crippen LogP contribution in [-0.2, 0) is 19.7 Å². The van der Waals surface area contributed by atoms with E-state index >= 15 is 0 Å². The molecule has 0 saturated heterocycles. The number of aromatic nitrogens is 4. The summed E-state index contributed by atoms with van der Waals surface area (Å²) in [5.41, 5.74) is 0.423. The average Bonchev–Trinajstić information content (AvgIpc) is 3.32. The highest BCUT2D eigenvalue weighted by Crippen LogP contribution is 2.67. The minimum absolute atomic E-state index is 0.317. The van der Waals surface area contributed by atoms with Crippen LogP contribution in [0.3, 0.4) is 0 Å². The zero-order chi connectivity index (χ0) is 37.2. The highest BCUT2D eigenvalue weighted by Gasteiger charge is 2.68. The second-order valence-corrected chi connectivity index (χ2v) is 15.6. The van der Waals surface area contributed by atoms with Gasteiger partial charge in [0.15, 0.2) is 17.4 Å². The number of carbonyl (C=O) groups excluding carboxylic acids is 3. The molecule has 52 heavy (non-hydrogen) atoms. The summed E-state index contributed by atoms with van der Waals surface area (Å²) in [6.07, 6.45) is 0.741. The summed E-state index contributed by atoms with van der Waals surface area (Å²) in [4.78, 5) is 51.7. The predicted octanol–water partition coefficient (Wildman–Crippen LogP) is 8.20. The molecule has 1 aliphatic carbocycles. The number of hydrogen-bond acceptors (Lipinski definition) is 12. The highest BCUT2D eigenvalue weighted by molar-refractivity contribution is 7.13. The second kappa shape index (κ2) is 12.6.